The zero-order chi connectivity index (χ0) is 10.7. The maximum atomic E-state index is 10.6. The van der Waals surface area contributed by atoms with Crippen molar-refractivity contribution in [1.29, 1.82) is 0 Å². The standard InChI is InChI=1S/C9H10BrNO3/c1-6(10)4-7-5-8(12)2-3-9(7)11(13)14/h2-3,5-6,12H,4H2,1H3. The lowest BCUT2D eigenvalue weighted by Gasteiger charge is -2.04. The van der Waals surface area contributed by atoms with Crippen LogP contribution >= 0.6 is 15.9 Å². The van der Waals surface area contributed by atoms with Gasteiger partial charge in [-0.25, -0.2) is 0 Å². The summed E-state index contributed by atoms with van der Waals surface area (Å²) >= 11 is 3.31. The number of phenols is 1. The molecule has 0 heterocycles. The van der Waals surface area contributed by atoms with Crippen molar-refractivity contribution in [3.63, 3.8) is 0 Å². The maximum absolute atomic E-state index is 10.6. The molecule has 0 amide bonds. The van der Waals surface area contributed by atoms with Gasteiger partial charge in [0.15, 0.2) is 0 Å². The van der Waals surface area contributed by atoms with Crippen molar-refractivity contribution < 1.29 is 10.0 Å². The summed E-state index contributed by atoms with van der Waals surface area (Å²) in [5.74, 6) is 0.0544. The Morgan fingerprint density at radius 1 is 1.64 bits per heavy atom. The average Bonchev–Trinajstić information content (AvgIpc) is 2.01. The summed E-state index contributed by atoms with van der Waals surface area (Å²) in [6, 6.07) is 4.07. The average molecular weight is 260 g/mol. The molecule has 0 spiro atoms. The van der Waals surface area contributed by atoms with Crippen LogP contribution in [0, 0.1) is 10.1 Å². The van der Waals surface area contributed by atoms with Crippen molar-refractivity contribution >= 4 is 21.6 Å². The summed E-state index contributed by atoms with van der Waals surface area (Å²) in [7, 11) is 0. The Kier molecular flexibility index (Phi) is 3.46. The number of benzene rings is 1. The van der Waals surface area contributed by atoms with Crippen LogP contribution < -0.4 is 0 Å². The number of halogens is 1. The van der Waals surface area contributed by atoms with Crippen molar-refractivity contribution in [3.8, 4) is 5.75 Å². The van der Waals surface area contributed by atoms with Crippen LogP contribution in [0.3, 0.4) is 0 Å². The van der Waals surface area contributed by atoms with Crippen LogP contribution in [0.2, 0.25) is 0 Å². The Balaban J connectivity index is 3.09. The summed E-state index contributed by atoms with van der Waals surface area (Å²) in [6.07, 6.45) is 0.519. The largest absolute Gasteiger partial charge is 0.508 e. The SMILES string of the molecule is CC(Br)Cc1cc(O)ccc1[N+](=O)[O-]. The number of hydrogen-bond acceptors (Lipinski definition) is 3. The summed E-state index contributed by atoms with van der Waals surface area (Å²) in [5, 5.41) is 19.8. The lowest BCUT2D eigenvalue weighted by atomic mass is 10.1. The summed E-state index contributed by atoms with van der Waals surface area (Å²) in [6.45, 7) is 1.90. The van der Waals surface area contributed by atoms with Gasteiger partial charge in [-0.05, 0) is 18.6 Å². The number of rotatable bonds is 3. The van der Waals surface area contributed by atoms with Crippen LogP contribution in [-0.4, -0.2) is 14.9 Å². The zero-order valence-electron chi connectivity index (χ0n) is 7.61. The van der Waals surface area contributed by atoms with E-state index in [2.05, 4.69) is 15.9 Å². The highest BCUT2D eigenvalue weighted by molar-refractivity contribution is 9.09. The van der Waals surface area contributed by atoms with Crippen LogP contribution in [0.1, 0.15) is 12.5 Å². The van der Waals surface area contributed by atoms with Crippen LogP contribution in [0.15, 0.2) is 18.2 Å². The molecule has 0 aliphatic heterocycles. The third-order valence-electron chi connectivity index (χ3n) is 1.76. The lowest BCUT2D eigenvalue weighted by Crippen LogP contribution is -2.01. The second kappa shape index (κ2) is 4.41. The maximum Gasteiger partial charge on any atom is 0.272 e. The number of nitro groups is 1. The normalized spacial score (nSPS) is 12.4. The first kappa shape index (κ1) is 11.0. The Morgan fingerprint density at radius 3 is 2.79 bits per heavy atom. The first-order chi connectivity index (χ1) is 6.50. The minimum Gasteiger partial charge on any atom is -0.508 e. The third kappa shape index (κ3) is 2.70. The Labute approximate surface area is 89.8 Å². The van der Waals surface area contributed by atoms with Gasteiger partial charge in [-0.3, -0.25) is 10.1 Å². The second-order valence-electron chi connectivity index (χ2n) is 3.06. The number of nitrogens with zero attached hydrogens (tertiary/aromatic N) is 1. The molecule has 1 aromatic rings. The van der Waals surface area contributed by atoms with E-state index in [0.29, 0.717) is 12.0 Å². The topological polar surface area (TPSA) is 63.4 Å². The fourth-order valence-corrected chi connectivity index (χ4v) is 1.57. The number of hydrogen-bond donors (Lipinski definition) is 1. The molecule has 1 atom stereocenters. The van der Waals surface area contributed by atoms with Gasteiger partial charge in [0.2, 0.25) is 0 Å². The van der Waals surface area contributed by atoms with Gasteiger partial charge in [0.05, 0.1) is 4.92 Å². The van der Waals surface area contributed by atoms with Gasteiger partial charge < -0.3 is 5.11 Å². The Morgan fingerprint density at radius 2 is 2.29 bits per heavy atom. The number of phenolic OH excluding ortho intramolecular Hbond substituents is 1. The highest BCUT2D eigenvalue weighted by Gasteiger charge is 2.15. The molecule has 0 fully saturated rings. The molecule has 4 nitrogen and oxygen atoms in total. The monoisotopic (exact) mass is 259 g/mol. The first-order valence-corrected chi connectivity index (χ1v) is 5.02. The van der Waals surface area contributed by atoms with E-state index in [4.69, 9.17) is 0 Å². The smallest absolute Gasteiger partial charge is 0.272 e. The molecule has 0 aliphatic carbocycles. The van der Waals surface area contributed by atoms with E-state index in [-0.39, 0.29) is 16.3 Å². The van der Waals surface area contributed by atoms with Crippen molar-refractivity contribution in [3.05, 3.63) is 33.9 Å². The Bertz CT molecular complexity index is 352. The number of nitro benzene ring substituents is 1. The van der Waals surface area contributed by atoms with Gasteiger partial charge in [-0.15, -0.1) is 0 Å². The van der Waals surface area contributed by atoms with E-state index in [0.717, 1.165) is 0 Å². The minimum atomic E-state index is -0.440. The molecular weight excluding hydrogens is 250 g/mol. The molecule has 1 rings (SSSR count). The predicted octanol–water partition coefficient (Wildman–Crippen LogP) is 2.63. The molecule has 1 unspecified atom stereocenters. The van der Waals surface area contributed by atoms with Gasteiger partial charge in [0.1, 0.15) is 5.75 Å². The summed E-state index contributed by atoms with van der Waals surface area (Å²) in [4.78, 5) is 10.3. The van der Waals surface area contributed by atoms with Crippen LogP contribution in [0.4, 0.5) is 5.69 Å². The van der Waals surface area contributed by atoms with Crippen molar-refractivity contribution in [2.24, 2.45) is 0 Å². The summed E-state index contributed by atoms with van der Waals surface area (Å²) in [5.41, 5.74) is 0.591. The van der Waals surface area contributed by atoms with Gasteiger partial charge in [0, 0.05) is 16.5 Å². The molecule has 0 aliphatic rings. The molecule has 0 saturated carbocycles. The van der Waals surface area contributed by atoms with E-state index in [1.54, 1.807) is 0 Å². The Hall–Kier alpha value is -1.10. The van der Waals surface area contributed by atoms with Crippen molar-refractivity contribution in [2.75, 3.05) is 0 Å². The molecule has 0 radical (unpaired) electrons. The van der Waals surface area contributed by atoms with Crippen LogP contribution in [0.5, 0.6) is 5.75 Å². The zero-order valence-corrected chi connectivity index (χ0v) is 9.19. The number of aromatic hydroxyl groups is 1. The van der Waals surface area contributed by atoms with E-state index >= 15 is 0 Å². The molecule has 0 saturated heterocycles. The van der Waals surface area contributed by atoms with E-state index in [1.165, 1.54) is 18.2 Å². The van der Waals surface area contributed by atoms with E-state index in [1.807, 2.05) is 6.92 Å². The third-order valence-corrected chi connectivity index (χ3v) is 2.08. The van der Waals surface area contributed by atoms with Gasteiger partial charge in [0.25, 0.3) is 5.69 Å². The van der Waals surface area contributed by atoms with E-state index in [9.17, 15) is 15.2 Å². The summed E-state index contributed by atoms with van der Waals surface area (Å²) < 4.78 is 0. The molecular formula is C9H10BrNO3. The van der Waals surface area contributed by atoms with E-state index < -0.39 is 4.92 Å². The predicted molar refractivity (Wildman–Crippen MR) is 56.9 cm³/mol. The van der Waals surface area contributed by atoms with Gasteiger partial charge in [-0.1, -0.05) is 22.9 Å². The fraction of sp³-hybridized carbons (Fsp3) is 0.333. The van der Waals surface area contributed by atoms with Crippen molar-refractivity contribution in [1.82, 2.24) is 0 Å². The van der Waals surface area contributed by atoms with Crippen LogP contribution in [-0.2, 0) is 6.42 Å². The minimum absolute atomic E-state index is 0.0501. The molecule has 0 bridgehead atoms. The van der Waals surface area contributed by atoms with Crippen molar-refractivity contribution in [2.45, 2.75) is 18.2 Å². The molecule has 1 aromatic carbocycles. The quantitative estimate of drug-likeness (QED) is 0.516. The molecule has 0 aromatic heterocycles. The second-order valence-corrected chi connectivity index (χ2v) is 4.62. The first-order valence-electron chi connectivity index (χ1n) is 4.11. The highest BCUT2D eigenvalue weighted by Crippen LogP contribution is 2.25. The van der Waals surface area contributed by atoms with Gasteiger partial charge in [-0.2, -0.15) is 0 Å². The van der Waals surface area contributed by atoms with Gasteiger partial charge >= 0.3 is 0 Å². The highest BCUT2D eigenvalue weighted by atomic mass is 79.9. The molecule has 1 N–H and O–H groups in total. The lowest BCUT2D eigenvalue weighted by molar-refractivity contribution is -0.385. The van der Waals surface area contributed by atoms with Crippen LogP contribution in [0.25, 0.3) is 0 Å². The molecule has 5 heteroatoms. The molecule has 14 heavy (non-hydrogen) atoms. The number of alkyl halides is 1. The molecule has 76 valence electrons. The fourth-order valence-electron chi connectivity index (χ4n) is 1.22.